The molecule has 1 aromatic rings. The van der Waals surface area contributed by atoms with Crippen molar-refractivity contribution in [1.82, 2.24) is 4.90 Å². The molecule has 19 heavy (non-hydrogen) atoms. The van der Waals surface area contributed by atoms with Crippen molar-refractivity contribution in [3.8, 4) is 5.75 Å². The lowest BCUT2D eigenvalue weighted by molar-refractivity contribution is -0.138. The first kappa shape index (κ1) is 13.8. The molecule has 1 aliphatic heterocycles. The van der Waals surface area contributed by atoms with Crippen LogP contribution in [0.2, 0.25) is 0 Å². The number of phenolic OH excluding ortho intramolecular Hbond substituents is 1. The molecule has 2 atom stereocenters. The Morgan fingerprint density at radius 2 is 2.21 bits per heavy atom. The molecule has 1 aromatic carbocycles. The van der Waals surface area contributed by atoms with Crippen LogP contribution in [-0.4, -0.2) is 47.8 Å². The highest BCUT2D eigenvalue weighted by molar-refractivity contribution is 5.79. The largest absolute Gasteiger partial charge is 0.508 e. The van der Waals surface area contributed by atoms with Gasteiger partial charge in [0.25, 0.3) is 0 Å². The number of carbonyl (C=O) groups excluding carboxylic acids is 1. The van der Waals surface area contributed by atoms with Crippen LogP contribution in [-0.2, 0) is 16.0 Å². The van der Waals surface area contributed by atoms with E-state index in [-0.39, 0.29) is 23.8 Å². The maximum atomic E-state index is 12.2. The van der Waals surface area contributed by atoms with Gasteiger partial charge in [0.05, 0.1) is 19.1 Å². The van der Waals surface area contributed by atoms with E-state index in [4.69, 9.17) is 10.5 Å². The number of carbonyl (C=O) groups is 1. The Morgan fingerprint density at radius 1 is 1.53 bits per heavy atom. The van der Waals surface area contributed by atoms with Crippen LogP contribution in [0.15, 0.2) is 24.3 Å². The first-order valence-electron chi connectivity index (χ1n) is 6.49. The number of phenols is 1. The van der Waals surface area contributed by atoms with Gasteiger partial charge in [-0.2, -0.15) is 0 Å². The SMILES string of the molecule is CC(N)C1CN(C(=O)Cc2ccc(O)cc2)CCO1. The highest BCUT2D eigenvalue weighted by Gasteiger charge is 2.26. The minimum atomic E-state index is -0.0856. The standard InChI is InChI=1S/C14H20N2O3/c1-10(15)13-9-16(6-7-19-13)14(18)8-11-2-4-12(17)5-3-11/h2-5,10,13,17H,6-9,15H2,1H3. The van der Waals surface area contributed by atoms with E-state index >= 15 is 0 Å². The Labute approximate surface area is 113 Å². The number of aromatic hydroxyl groups is 1. The first-order valence-corrected chi connectivity index (χ1v) is 6.49. The summed E-state index contributed by atoms with van der Waals surface area (Å²) < 4.78 is 5.53. The fraction of sp³-hybridized carbons (Fsp3) is 0.500. The quantitative estimate of drug-likeness (QED) is 0.834. The number of amides is 1. The fourth-order valence-electron chi connectivity index (χ4n) is 2.12. The topological polar surface area (TPSA) is 75.8 Å². The summed E-state index contributed by atoms with van der Waals surface area (Å²) in [4.78, 5) is 14.0. The first-order chi connectivity index (χ1) is 9.06. The summed E-state index contributed by atoms with van der Waals surface area (Å²) in [6, 6.07) is 6.62. The maximum absolute atomic E-state index is 12.2. The molecule has 1 saturated heterocycles. The molecule has 0 bridgehead atoms. The molecular weight excluding hydrogens is 244 g/mol. The van der Waals surface area contributed by atoms with Gasteiger partial charge in [-0.25, -0.2) is 0 Å². The van der Waals surface area contributed by atoms with Crippen LogP contribution in [0.5, 0.6) is 5.75 Å². The van der Waals surface area contributed by atoms with Gasteiger partial charge in [-0.3, -0.25) is 4.79 Å². The van der Waals surface area contributed by atoms with Crippen LogP contribution in [0.3, 0.4) is 0 Å². The van der Waals surface area contributed by atoms with Gasteiger partial charge in [-0.15, -0.1) is 0 Å². The molecule has 0 aliphatic carbocycles. The molecule has 0 saturated carbocycles. The molecule has 1 heterocycles. The number of nitrogens with zero attached hydrogens (tertiary/aromatic N) is 1. The third-order valence-electron chi connectivity index (χ3n) is 3.32. The highest BCUT2D eigenvalue weighted by Crippen LogP contribution is 2.13. The molecule has 5 heteroatoms. The van der Waals surface area contributed by atoms with Crippen LogP contribution in [0.25, 0.3) is 0 Å². The number of benzene rings is 1. The van der Waals surface area contributed by atoms with Crippen molar-refractivity contribution >= 4 is 5.91 Å². The molecule has 5 nitrogen and oxygen atoms in total. The van der Waals surface area contributed by atoms with Crippen LogP contribution < -0.4 is 5.73 Å². The average Bonchev–Trinajstić information content (AvgIpc) is 2.41. The van der Waals surface area contributed by atoms with E-state index in [0.717, 1.165) is 5.56 Å². The van der Waals surface area contributed by atoms with Crippen molar-refractivity contribution < 1.29 is 14.6 Å². The Hall–Kier alpha value is -1.59. The monoisotopic (exact) mass is 264 g/mol. The van der Waals surface area contributed by atoms with Crippen LogP contribution in [0.4, 0.5) is 0 Å². The van der Waals surface area contributed by atoms with Crippen molar-refractivity contribution in [2.75, 3.05) is 19.7 Å². The summed E-state index contributed by atoms with van der Waals surface area (Å²) in [5, 5.41) is 9.21. The molecule has 2 rings (SSSR count). The molecule has 0 aromatic heterocycles. The fourth-order valence-corrected chi connectivity index (χ4v) is 2.12. The summed E-state index contributed by atoms with van der Waals surface area (Å²) in [6.07, 6.45) is 0.254. The zero-order valence-electron chi connectivity index (χ0n) is 11.1. The Balaban J connectivity index is 1.94. The number of ether oxygens (including phenoxy) is 1. The van der Waals surface area contributed by atoms with Crippen molar-refractivity contribution in [3.63, 3.8) is 0 Å². The molecule has 0 spiro atoms. The second kappa shape index (κ2) is 6.04. The summed E-state index contributed by atoms with van der Waals surface area (Å²) in [7, 11) is 0. The van der Waals surface area contributed by atoms with Crippen LogP contribution in [0.1, 0.15) is 12.5 Å². The molecule has 1 amide bonds. The summed E-state index contributed by atoms with van der Waals surface area (Å²) >= 11 is 0. The van der Waals surface area contributed by atoms with Gasteiger partial charge in [0.1, 0.15) is 5.75 Å². The summed E-state index contributed by atoms with van der Waals surface area (Å²) in [5.41, 5.74) is 6.70. The summed E-state index contributed by atoms with van der Waals surface area (Å²) in [5.74, 6) is 0.277. The molecule has 3 N–H and O–H groups in total. The van der Waals surface area contributed by atoms with Crippen molar-refractivity contribution in [2.45, 2.75) is 25.5 Å². The van der Waals surface area contributed by atoms with Gasteiger partial charge in [0.15, 0.2) is 0 Å². The Kier molecular flexibility index (Phi) is 4.39. The number of nitrogens with two attached hydrogens (primary N) is 1. The zero-order valence-corrected chi connectivity index (χ0v) is 11.1. The molecule has 1 aliphatic rings. The molecule has 2 unspecified atom stereocenters. The maximum Gasteiger partial charge on any atom is 0.227 e. The van der Waals surface area contributed by atoms with E-state index in [1.807, 2.05) is 6.92 Å². The second-order valence-electron chi connectivity index (χ2n) is 4.95. The zero-order chi connectivity index (χ0) is 13.8. The van der Waals surface area contributed by atoms with Crippen LogP contribution >= 0.6 is 0 Å². The lowest BCUT2D eigenvalue weighted by atomic mass is 10.1. The number of hydrogen-bond acceptors (Lipinski definition) is 4. The third-order valence-corrected chi connectivity index (χ3v) is 3.32. The lowest BCUT2D eigenvalue weighted by Gasteiger charge is -2.34. The Bertz CT molecular complexity index is 431. The van der Waals surface area contributed by atoms with Gasteiger partial charge in [-0.05, 0) is 24.6 Å². The predicted octanol–water partition coefficient (Wildman–Crippen LogP) is 0.509. The average molecular weight is 264 g/mol. The van der Waals surface area contributed by atoms with Crippen molar-refractivity contribution in [1.29, 1.82) is 0 Å². The van der Waals surface area contributed by atoms with E-state index in [1.165, 1.54) is 0 Å². The van der Waals surface area contributed by atoms with Crippen molar-refractivity contribution in [2.24, 2.45) is 5.73 Å². The number of hydrogen-bond donors (Lipinski definition) is 2. The van der Waals surface area contributed by atoms with E-state index in [1.54, 1.807) is 29.2 Å². The van der Waals surface area contributed by atoms with Gasteiger partial charge in [0.2, 0.25) is 5.91 Å². The molecular formula is C14H20N2O3. The highest BCUT2D eigenvalue weighted by atomic mass is 16.5. The van der Waals surface area contributed by atoms with Crippen LogP contribution in [0, 0.1) is 0 Å². The normalized spacial score (nSPS) is 21.2. The second-order valence-corrected chi connectivity index (χ2v) is 4.95. The van der Waals surface area contributed by atoms with Gasteiger partial charge < -0.3 is 20.5 Å². The minimum Gasteiger partial charge on any atom is -0.508 e. The number of rotatable bonds is 3. The van der Waals surface area contributed by atoms with E-state index < -0.39 is 0 Å². The predicted molar refractivity (Wildman–Crippen MR) is 71.8 cm³/mol. The molecule has 0 radical (unpaired) electrons. The van der Waals surface area contributed by atoms with Crippen molar-refractivity contribution in [3.05, 3.63) is 29.8 Å². The lowest BCUT2D eigenvalue weighted by Crippen LogP contribution is -2.51. The third kappa shape index (κ3) is 3.68. The summed E-state index contributed by atoms with van der Waals surface area (Å²) in [6.45, 7) is 3.58. The minimum absolute atomic E-state index is 0.0691. The molecule has 104 valence electrons. The smallest absolute Gasteiger partial charge is 0.227 e. The van der Waals surface area contributed by atoms with Gasteiger partial charge >= 0.3 is 0 Å². The number of morpholine rings is 1. The van der Waals surface area contributed by atoms with E-state index in [9.17, 15) is 9.90 Å². The van der Waals surface area contributed by atoms with E-state index in [0.29, 0.717) is 26.1 Å². The Morgan fingerprint density at radius 3 is 2.84 bits per heavy atom. The van der Waals surface area contributed by atoms with E-state index in [2.05, 4.69) is 0 Å². The van der Waals surface area contributed by atoms with Gasteiger partial charge in [0, 0.05) is 19.1 Å². The van der Waals surface area contributed by atoms with Gasteiger partial charge in [-0.1, -0.05) is 12.1 Å². The molecule has 1 fully saturated rings.